The van der Waals surface area contributed by atoms with Crippen molar-refractivity contribution in [2.75, 3.05) is 18.5 Å². The third-order valence-electron chi connectivity index (χ3n) is 5.72. The van der Waals surface area contributed by atoms with E-state index >= 15 is 0 Å². The van der Waals surface area contributed by atoms with E-state index in [0.29, 0.717) is 40.2 Å². The molecule has 2 aliphatic rings. The van der Waals surface area contributed by atoms with Crippen LogP contribution in [0.15, 0.2) is 54.6 Å². The summed E-state index contributed by atoms with van der Waals surface area (Å²) in [7, 11) is 0. The number of Topliss-reactive ketones (excluding diaryl/α,β-unsaturated/α-hetero) is 1. The zero-order valence-electron chi connectivity index (χ0n) is 18.3. The molecule has 2 amide bonds. The largest absolute Gasteiger partial charge is 0.486 e. The molecular weight excluding hydrogens is 454 g/mol. The Kier molecular flexibility index (Phi) is 6.27. The number of benzene rings is 2. The number of carbonyl (C=O) groups is 3. The Morgan fingerprint density at radius 1 is 1.03 bits per heavy atom. The van der Waals surface area contributed by atoms with Crippen LogP contribution in [0.5, 0.6) is 11.5 Å². The van der Waals surface area contributed by atoms with Gasteiger partial charge in [0.1, 0.15) is 12.7 Å². The molecule has 0 saturated carbocycles. The molecule has 2 atom stereocenters. The molecule has 0 saturated heterocycles. The quantitative estimate of drug-likeness (QED) is 0.565. The summed E-state index contributed by atoms with van der Waals surface area (Å²) in [5.41, 5.74) is 1.45. The van der Waals surface area contributed by atoms with E-state index in [4.69, 9.17) is 9.47 Å². The van der Waals surface area contributed by atoms with Gasteiger partial charge >= 0.3 is 0 Å². The van der Waals surface area contributed by atoms with Crippen molar-refractivity contribution >= 4 is 34.1 Å². The molecule has 0 bridgehead atoms. The third-order valence-corrected chi connectivity index (χ3v) is 6.77. The second kappa shape index (κ2) is 9.64. The van der Waals surface area contributed by atoms with Crippen molar-refractivity contribution in [3.05, 3.63) is 70.7 Å². The van der Waals surface area contributed by atoms with Crippen LogP contribution in [0, 0.1) is 5.92 Å². The first-order chi connectivity index (χ1) is 16.5. The number of ether oxygens (including phenoxy) is 2. The maximum absolute atomic E-state index is 12.8. The molecule has 0 spiro atoms. The first-order valence-corrected chi connectivity index (χ1v) is 11.9. The van der Waals surface area contributed by atoms with Gasteiger partial charge in [-0.2, -0.15) is 0 Å². The molecular formula is C25H23N3O5S. The monoisotopic (exact) mass is 477 g/mol. The van der Waals surface area contributed by atoms with E-state index in [1.54, 1.807) is 0 Å². The maximum Gasteiger partial charge on any atom is 0.230 e. The van der Waals surface area contributed by atoms with E-state index < -0.39 is 5.92 Å². The normalized spacial score (nSPS) is 18.6. The number of ketones is 1. The van der Waals surface area contributed by atoms with Crippen molar-refractivity contribution in [3.63, 3.8) is 0 Å². The molecule has 2 N–H and O–H groups in total. The standard InChI is InChI=1S/C25H23N3O5S/c29-19-12-16(24(31)26-13-17-14-32-20-8-4-5-9-21(20)33-17)11-18-23(19)34-25(27-18)28-22(30)10-15-6-2-1-3-7-15/h1-9,16-17H,10-14H2,(H,26,31)(H,27,28,30)/t16-,17+/m1/s1. The predicted molar refractivity (Wildman–Crippen MR) is 126 cm³/mol. The second-order valence-corrected chi connectivity index (χ2v) is 9.28. The number of amides is 2. The highest BCUT2D eigenvalue weighted by atomic mass is 32.1. The lowest BCUT2D eigenvalue weighted by molar-refractivity contribution is -0.125. The van der Waals surface area contributed by atoms with E-state index in [-0.39, 0.29) is 43.1 Å². The number of nitrogens with one attached hydrogen (secondary N) is 2. The lowest BCUT2D eigenvalue weighted by atomic mass is 9.89. The van der Waals surface area contributed by atoms with Crippen molar-refractivity contribution in [1.29, 1.82) is 0 Å². The SMILES string of the molecule is O=C(Cc1ccccc1)Nc1nc2c(s1)C(=O)C[C@H](C(=O)NC[C@H]1COc3ccccc3O1)C2. The summed E-state index contributed by atoms with van der Waals surface area (Å²) in [5, 5.41) is 6.04. The summed E-state index contributed by atoms with van der Waals surface area (Å²) >= 11 is 1.16. The van der Waals surface area contributed by atoms with Crippen LogP contribution in [0.3, 0.4) is 0 Å². The van der Waals surface area contributed by atoms with Crippen LogP contribution in [-0.4, -0.2) is 41.8 Å². The van der Waals surface area contributed by atoms with Crippen molar-refractivity contribution in [2.24, 2.45) is 5.92 Å². The van der Waals surface area contributed by atoms with Crippen LogP contribution in [0.4, 0.5) is 5.13 Å². The van der Waals surface area contributed by atoms with Gasteiger partial charge in [0.25, 0.3) is 0 Å². The molecule has 0 fully saturated rings. The van der Waals surface area contributed by atoms with E-state index in [1.807, 2.05) is 54.6 Å². The summed E-state index contributed by atoms with van der Waals surface area (Å²) in [6, 6.07) is 16.8. The number of para-hydroxylation sites is 2. The van der Waals surface area contributed by atoms with E-state index in [0.717, 1.165) is 16.9 Å². The zero-order valence-corrected chi connectivity index (χ0v) is 19.1. The van der Waals surface area contributed by atoms with Crippen molar-refractivity contribution < 1.29 is 23.9 Å². The van der Waals surface area contributed by atoms with Gasteiger partial charge in [0.2, 0.25) is 11.8 Å². The molecule has 8 nitrogen and oxygen atoms in total. The Morgan fingerprint density at radius 3 is 2.62 bits per heavy atom. The summed E-state index contributed by atoms with van der Waals surface area (Å²) in [6.07, 6.45) is 0.382. The van der Waals surface area contributed by atoms with Gasteiger partial charge in [0, 0.05) is 12.8 Å². The Bertz CT molecular complexity index is 1230. The molecule has 9 heteroatoms. The van der Waals surface area contributed by atoms with Crippen LogP contribution in [0.25, 0.3) is 0 Å². The molecule has 34 heavy (non-hydrogen) atoms. The third kappa shape index (κ3) is 4.94. The zero-order chi connectivity index (χ0) is 23.5. The molecule has 1 aliphatic carbocycles. The molecule has 2 aromatic carbocycles. The highest BCUT2D eigenvalue weighted by Crippen LogP contribution is 2.33. The van der Waals surface area contributed by atoms with Crippen molar-refractivity contribution in [3.8, 4) is 11.5 Å². The first-order valence-electron chi connectivity index (χ1n) is 11.1. The Labute approximate surface area is 200 Å². The fourth-order valence-corrected chi connectivity index (χ4v) is 4.99. The van der Waals surface area contributed by atoms with Gasteiger partial charge in [-0.25, -0.2) is 4.98 Å². The smallest absolute Gasteiger partial charge is 0.230 e. The summed E-state index contributed by atoms with van der Waals surface area (Å²) in [5.74, 6) is 0.278. The second-order valence-electron chi connectivity index (χ2n) is 8.28. The van der Waals surface area contributed by atoms with Crippen LogP contribution in [0.2, 0.25) is 0 Å². The van der Waals surface area contributed by atoms with Crippen LogP contribution < -0.4 is 20.1 Å². The minimum atomic E-state index is -0.508. The summed E-state index contributed by atoms with van der Waals surface area (Å²) < 4.78 is 11.5. The van der Waals surface area contributed by atoms with Gasteiger partial charge in [-0.05, 0) is 17.7 Å². The average molecular weight is 478 g/mol. The van der Waals surface area contributed by atoms with Crippen LogP contribution >= 0.6 is 11.3 Å². The Hall–Kier alpha value is -3.72. The average Bonchev–Trinajstić information content (AvgIpc) is 3.25. The molecule has 1 aliphatic heterocycles. The predicted octanol–water partition coefficient (Wildman–Crippen LogP) is 3.03. The number of aromatic nitrogens is 1. The summed E-state index contributed by atoms with van der Waals surface area (Å²) in [4.78, 5) is 42.7. The Morgan fingerprint density at radius 2 is 1.79 bits per heavy atom. The number of fused-ring (bicyclic) bond motifs is 2. The topological polar surface area (TPSA) is 107 Å². The highest BCUT2D eigenvalue weighted by Gasteiger charge is 2.33. The number of hydrogen-bond acceptors (Lipinski definition) is 7. The minimum absolute atomic E-state index is 0.114. The van der Waals surface area contributed by atoms with Crippen LogP contribution in [-0.2, 0) is 22.4 Å². The maximum atomic E-state index is 12.8. The van der Waals surface area contributed by atoms with Crippen molar-refractivity contribution in [1.82, 2.24) is 10.3 Å². The lowest BCUT2D eigenvalue weighted by Crippen LogP contribution is -2.44. The fourth-order valence-electron chi connectivity index (χ4n) is 4.04. The molecule has 5 rings (SSSR count). The number of carbonyl (C=O) groups excluding carboxylic acids is 3. The van der Waals surface area contributed by atoms with Gasteiger partial charge in [0.15, 0.2) is 22.4 Å². The lowest BCUT2D eigenvalue weighted by Gasteiger charge is -2.27. The molecule has 174 valence electrons. The van der Waals surface area contributed by atoms with Gasteiger partial charge in [-0.3, -0.25) is 14.4 Å². The number of nitrogens with zero attached hydrogens (tertiary/aromatic N) is 1. The molecule has 1 aromatic heterocycles. The van der Waals surface area contributed by atoms with Crippen molar-refractivity contribution in [2.45, 2.75) is 25.4 Å². The van der Waals surface area contributed by atoms with Crippen LogP contribution in [0.1, 0.15) is 27.3 Å². The number of rotatable bonds is 6. The number of thiazole rings is 1. The molecule has 0 unspecified atom stereocenters. The van der Waals surface area contributed by atoms with E-state index in [2.05, 4.69) is 15.6 Å². The van der Waals surface area contributed by atoms with Gasteiger partial charge in [0.05, 0.1) is 29.5 Å². The molecule has 3 aromatic rings. The van der Waals surface area contributed by atoms with Gasteiger partial charge < -0.3 is 20.1 Å². The van der Waals surface area contributed by atoms with Gasteiger partial charge in [-0.1, -0.05) is 53.8 Å². The van der Waals surface area contributed by atoms with E-state index in [1.165, 1.54) is 0 Å². The number of hydrogen-bond donors (Lipinski definition) is 2. The molecule has 2 heterocycles. The van der Waals surface area contributed by atoms with E-state index in [9.17, 15) is 14.4 Å². The highest BCUT2D eigenvalue weighted by molar-refractivity contribution is 7.17. The minimum Gasteiger partial charge on any atom is -0.486 e. The summed E-state index contributed by atoms with van der Waals surface area (Å²) in [6.45, 7) is 0.617. The number of anilines is 1. The van der Waals surface area contributed by atoms with Gasteiger partial charge in [-0.15, -0.1) is 0 Å². The fraction of sp³-hybridized carbons (Fsp3) is 0.280. The first kappa shape index (κ1) is 22.1. The Balaban J connectivity index is 1.16. The molecule has 0 radical (unpaired) electrons.